The molecule has 0 unspecified atom stereocenters. The van der Waals surface area contributed by atoms with Gasteiger partial charge in [-0.3, -0.25) is 0 Å². The van der Waals surface area contributed by atoms with Gasteiger partial charge in [0.25, 0.3) is 0 Å². The van der Waals surface area contributed by atoms with E-state index in [-0.39, 0.29) is 5.82 Å². The first-order valence-corrected chi connectivity index (χ1v) is 6.64. The summed E-state index contributed by atoms with van der Waals surface area (Å²) in [4.78, 5) is 0. The summed E-state index contributed by atoms with van der Waals surface area (Å²) in [6, 6.07) is 13.3. The van der Waals surface area contributed by atoms with Gasteiger partial charge in [-0.15, -0.1) is 0 Å². The fraction of sp³-hybridized carbons (Fsp3) is 0.200. The molecule has 94 valence electrons. The maximum Gasteiger partial charge on any atom is 0.127 e. The molecule has 0 aliphatic heterocycles. The van der Waals surface area contributed by atoms with Crippen LogP contribution in [0.5, 0.6) is 0 Å². The fourth-order valence-corrected chi connectivity index (χ4v) is 2.27. The first-order valence-electron chi connectivity index (χ1n) is 5.85. The van der Waals surface area contributed by atoms with Crippen molar-refractivity contribution in [2.24, 2.45) is 0 Å². The van der Waals surface area contributed by atoms with Gasteiger partial charge in [-0.05, 0) is 30.7 Å². The Balaban J connectivity index is 1.94. The number of benzene rings is 2. The van der Waals surface area contributed by atoms with E-state index in [4.69, 9.17) is 0 Å². The molecular weight excluding hydrogens is 293 g/mol. The Morgan fingerprint density at radius 3 is 2.72 bits per heavy atom. The van der Waals surface area contributed by atoms with Crippen molar-refractivity contribution in [2.75, 3.05) is 0 Å². The minimum atomic E-state index is -0.151. The zero-order valence-electron chi connectivity index (χ0n) is 10.2. The van der Waals surface area contributed by atoms with Gasteiger partial charge in [0.2, 0.25) is 0 Å². The molecule has 0 atom stereocenters. The zero-order valence-corrected chi connectivity index (χ0v) is 11.8. The highest BCUT2D eigenvalue weighted by atomic mass is 79.9. The highest BCUT2D eigenvalue weighted by Crippen LogP contribution is 2.12. The number of halogens is 2. The second kappa shape index (κ2) is 6.12. The molecule has 0 saturated heterocycles. The molecule has 0 saturated carbocycles. The van der Waals surface area contributed by atoms with Crippen molar-refractivity contribution >= 4 is 15.9 Å². The predicted molar refractivity (Wildman–Crippen MR) is 75.8 cm³/mol. The smallest absolute Gasteiger partial charge is 0.127 e. The van der Waals surface area contributed by atoms with Gasteiger partial charge in [-0.1, -0.05) is 45.8 Å². The molecular formula is C15H15BrFN. The van der Waals surface area contributed by atoms with E-state index in [1.165, 1.54) is 11.6 Å². The molecule has 3 heteroatoms. The van der Waals surface area contributed by atoms with Gasteiger partial charge < -0.3 is 5.32 Å². The molecule has 2 rings (SSSR count). The van der Waals surface area contributed by atoms with E-state index in [9.17, 15) is 4.39 Å². The number of hydrogen-bond donors (Lipinski definition) is 1. The molecule has 0 aromatic heterocycles. The topological polar surface area (TPSA) is 12.0 Å². The Bertz CT molecular complexity index is 540. The summed E-state index contributed by atoms with van der Waals surface area (Å²) < 4.78 is 14.6. The van der Waals surface area contributed by atoms with Crippen molar-refractivity contribution in [3.05, 3.63) is 69.4 Å². The van der Waals surface area contributed by atoms with E-state index < -0.39 is 0 Å². The summed E-state index contributed by atoms with van der Waals surface area (Å²) >= 11 is 3.43. The molecule has 0 aliphatic rings. The Labute approximate surface area is 115 Å². The monoisotopic (exact) mass is 307 g/mol. The van der Waals surface area contributed by atoms with Crippen LogP contribution in [0.15, 0.2) is 46.9 Å². The van der Waals surface area contributed by atoms with E-state index >= 15 is 0 Å². The lowest BCUT2D eigenvalue weighted by atomic mass is 10.1. The molecule has 18 heavy (non-hydrogen) atoms. The van der Waals surface area contributed by atoms with Crippen LogP contribution in [0.1, 0.15) is 16.7 Å². The molecule has 0 amide bonds. The van der Waals surface area contributed by atoms with Crippen LogP contribution in [-0.4, -0.2) is 0 Å². The van der Waals surface area contributed by atoms with Gasteiger partial charge in [0.05, 0.1) is 0 Å². The van der Waals surface area contributed by atoms with Crippen molar-refractivity contribution in [3.8, 4) is 0 Å². The van der Waals surface area contributed by atoms with Crippen LogP contribution in [0.25, 0.3) is 0 Å². The summed E-state index contributed by atoms with van der Waals surface area (Å²) in [6.45, 7) is 3.24. The first-order chi connectivity index (χ1) is 8.65. The summed E-state index contributed by atoms with van der Waals surface area (Å²) in [5, 5.41) is 3.25. The fourth-order valence-electron chi connectivity index (χ4n) is 1.83. The van der Waals surface area contributed by atoms with E-state index in [0.29, 0.717) is 12.1 Å². The van der Waals surface area contributed by atoms with Crippen LogP contribution in [-0.2, 0) is 13.1 Å². The van der Waals surface area contributed by atoms with E-state index in [1.807, 2.05) is 31.2 Å². The SMILES string of the molecule is Cc1ccc(F)c(CNCc2cccc(Br)c2)c1. The Hall–Kier alpha value is -1.19. The summed E-state index contributed by atoms with van der Waals surface area (Å²) in [5.74, 6) is -0.151. The van der Waals surface area contributed by atoms with Crippen LogP contribution in [0.4, 0.5) is 4.39 Å². The third-order valence-electron chi connectivity index (χ3n) is 2.73. The van der Waals surface area contributed by atoms with Crippen LogP contribution in [0.3, 0.4) is 0 Å². The van der Waals surface area contributed by atoms with Crippen molar-refractivity contribution in [1.82, 2.24) is 5.32 Å². The molecule has 2 aromatic carbocycles. The average molecular weight is 308 g/mol. The van der Waals surface area contributed by atoms with Crippen molar-refractivity contribution in [2.45, 2.75) is 20.0 Å². The van der Waals surface area contributed by atoms with E-state index in [1.54, 1.807) is 6.07 Å². The van der Waals surface area contributed by atoms with Gasteiger partial charge in [-0.2, -0.15) is 0 Å². The lowest BCUT2D eigenvalue weighted by Crippen LogP contribution is -2.13. The molecule has 0 fully saturated rings. The number of aryl methyl sites for hydroxylation is 1. The average Bonchev–Trinajstić information content (AvgIpc) is 2.34. The van der Waals surface area contributed by atoms with Crippen molar-refractivity contribution in [1.29, 1.82) is 0 Å². The molecule has 0 aliphatic carbocycles. The Morgan fingerprint density at radius 1 is 1.11 bits per heavy atom. The highest BCUT2D eigenvalue weighted by Gasteiger charge is 2.02. The minimum Gasteiger partial charge on any atom is -0.309 e. The third-order valence-corrected chi connectivity index (χ3v) is 3.23. The Morgan fingerprint density at radius 2 is 1.94 bits per heavy atom. The van der Waals surface area contributed by atoms with Gasteiger partial charge >= 0.3 is 0 Å². The molecule has 1 nitrogen and oxygen atoms in total. The van der Waals surface area contributed by atoms with Gasteiger partial charge in [0.1, 0.15) is 5.82 Å². The summed E-state index contributed by atoms with van der Waals surface area (Å²) in [5.41, 5.74) is 2.97. The van der Waals surface area contributed by atoms with Crippen LogP contribution >= 0.6 is 15.9 Å². The third kappa shape index (κ3) is 3.65. The number of hydrogen-bond acceptors (Lipinski definition) is 1. The van der Waals surface area contributed by atoms with E-state index in [0.717, 1.165) is 16.6 Å². The maximum absolute atomic E-state index is 13.5. The van der Waals surface area contributed by atoms with Gasteiger partial charge in [0, 0.05) is 23.1 Å². The Kier molecular flexibility index (Phi) is 4.50. The molecule has 2 aromatic rings. The largest absolute Gasteiger partial charge is 0.309 e. The van der Waals surface area contributed by atoms with E-state index in [2.05, 4.69) is 27.3 Å². The molecule has 0 spiro atoms. The molecule has 0 heterocycles. The summed E-state index contributed by atoms with van der Waals surface area (Å²) in [7, 11) is 0. The molecule has 0 radical (unpaired) electrons. The van der Waals surface area contributed by atoms with Crippen LogP contribution < -0.4 is 5.32 Å². The second-order valence-electron chi connectivity index (χ2n) is 4.33. The lowest BCUT2D eigenvalue weighted by Gasteiger charge is -2.07. The van der Waals surface area contributed by atoms with Crippen molar-refractivity contribution < 1.29 is 4.39 Å². The lowest BCUT2D eigenvalue weighted by molar-refractivity contribution is 0.587. The van der Waals surface area contributed by atoms with Crippen molar-refractivity contribution in [3.63, 3.8) is 0 Å². The number of rotatable bonds is 4. The molecule has 1 N–H and O–H groups in total. The maximum atomic E-state index is 13.5. The predicted octanol–water partition coefficient (Wildman–Crippen LogP) is 4.19. The quantitative estimate of drug-likeness (QED) is 0.893. The van der Waals surface area contributed by atoms with Crippen LogP contribution in [0.2, 0.25) is 0 Å². The van der Waals surface area contributed by atoms with Gasteiger partial charge in [-0.25, -0.2) is 4.39 Å². The van der Waals surface area contributed by atoms with Crippen LogP contribution in [0, 0.1) is 12.7 Å². The second-order valence-corrected chi connectivity index (χ2v) is 5.24. The summed E-state index contributed by atoms with van der Waals surface area (Å²) in [6.07, 6.45) is 0. The standard InChI is InChI=1S/C15H15BrFN/c1-11-5-6-15(17)13(7-11)10-18-9-12-3-2-4-14(16)8-12/h2-8,18H,9-10H2,1H3. The zero-order chi connectivity index (χ0) is 13.0. The molecule has 0 bridgehead atoms. The number of nitrogens with one attached hydrogen (secondary N) is 1. The van der Waals surface area contributed by atoms with Gasteiger partial charge in [0.15, 0.2) is 0 Å². The normalized spacial score (nSPS) is 10.6. The highest BCUT2D eigenvalue weighted by molar-refractivity contribution is 9.10. The minimum absolute atomic E-state index is 0.151. The first kappa shape index (κ1) is 13.2.